The number of halogens is 2. The molecule has 7 nitrogen and oxygen atoms in total. The summed E-state index contributed by atoms with van der Waals surface area (Å²) in [5.74, 6) is -0.485. The molecule has 0 aliphatic heterocycles. The second-order valence-electron chi connectivity index (χ2n) is 6.43. The van der Waals surface area contributed by atoms with Crippen LogP contribution in [0.5, 0.6) is 5.75 Å². The van der Waals surface area contributed by atoms with Gasteiger partial charge >= 0.3 is 11.9 Å². The summed E-state index contributed by atoms with van der Waals surface area (Å²) in [7, 11) is 2.85. The second kappa shape index (κ2) is 9.98. The van der Waals surface area contributed by atoms with Crippen LogP contribution < -0.4 is 10.1 Å². The van der Waals surface area contributed by atoms with E-state index >= 15 is 0 Å². The van der Waals surface area contributed by atoms with Crippen LogP contribution in [0.4, 0.5) is 5.69 Å². The minimum Gasteiger partial charge on any atom is -0.495 e. The van der Waals surface area contributed by atoms with Gasteiger partial charge in [-0.15, -0.1) is 0 Å². The standard InChI is InChI=1S/C22H20BrClN2O5/c1-4-31-22(28)16-11-26-19-14(8-13(23)9-15(19)21(27)30-3)20(16)25-10-12-5-6-18(29-2)17(24)7-12/h5-9,11H,4,10H2,1-3H3,(H,25,26). The first-order valence-corrected chi connectivity index (χ1v) is 10.5. The highest BCUT2D eigenvalue weighted by Crippen LogP contribution is 2.33. The zero-order valence-corrected chi connectivity index (χ0v) is 19.5. The summed E-state index contributed by atoms with van der Waals surface area (Å²) < 4.78 is 15.9. The molecule has 0 saturated heterocycles. The number of aromatic nitrogens is 1. The molecular formula is C22H20BrClN2O5. The van der Waals surface area contributed by atoms with Crippen LogP contribution in [0.1, 0.15) is 33.2 Å². The van der Waals surface area contributed by atoms with Crippen LogP contribution in [-0.2, 0) is 16.0 Å². The van der Waals surface area contributed by atoms with Crippen molar-refractivity contribution in [1.29, 1.82) is 0 Å². The number of carbonyl (C=O) groups is 2. The van der Waals surface area contributed by atoms with Gasteiger partial charge in [0, 0.05) is 22.6 Å². The second-order valence-corrected chi connectivity index (χ2v) is 7.75. The van der Waals surface area contributed by atoms with Gasteiger partial charge in [0.05, 0.1) is 42.6 Å². The van der Waals surface area contributed by atoms with Crippen molar-refractivity contribution in [2.24, 2.45) is 0 Å². The lowest BCUT2D eigenvalue weighted by Gasteiger charge is -2.16. The molecule has 0 fully saturated rings. The predicted molar refractivity (Wildman–Crippen MR) is 122 cm³/mol. The van der Waals surface area contributed by atoms with Crippen LogP contribution in [0.2, 0.25) is 5.02 Å². The van der Waals surface area contributed by atoms with E-state index in [4.69, 9.17) is 25.8 Å². The number of hydrogen-bond acceptors (Lipinski definition) is 7. The van der Waals surface area contributed by atoms with Crippen molar-refractivity contribution in [3.63, 3.8) is 0 Å². The Balaban J connectivity index is 2.12. The van der Waals surface area contributed by atoms with E-state index in [1.54, 1.807) is 38.3 Å². The van der Waals surface area contributed by atoms with Crippen molar-refractivity contribution in [2.75, 3.05) is 26.1 Å². The Bertz CT molecular complexity index is 1150. The first-order valence-electron chi connectivity index (χ1n) is 9.33. The number of methoxy groups -OCH3 is 2. The smallest absolute Gasteiger partial charge is 0.341 e. The van der Waals surface area contributed by atoms with E-state index in [2.05, 4.69) is 26.2 Å². The fraction of sp³-hybridized carbons (Fsp3) is 0.227. The molecule has 0 amide bonds. The van der Waals surface area contributed by atoms with Gasteiger partial charge in [0.25, 0.3) is 0 Å². The molecule has 0 unspecified atom stereocenters. The van der Waals surface area contributed by atoms with Crippen LogP contribution in [0.15, 0.2) is 41.0 Å². The molecule has 0 spiro atoms. The number of hydrogen-bond donors (Lipinski definition) is 1. The van der Waals surface area contributed by atoms with Crippen molar-refractivity contribution >= 4 is 56.1 Å². The molecule has 0 aliphatic carbocycles. The number of pyridine rings is 1. The number of carbonyl (C=O) groups excluding carboxylic acids is 2. The number of esters is 2. The first-order chi connectivity index (χ1) is 14.9. The topological polar surface area (TPSA) is 86.8 Å². The molecule has 162 valence electrons. The van der Waals surface area contributed by atoms with E-state index in [-0.39, 0.29) is 17.7 Å². The molecule has 1 heterocycles. The monoisotopic (exact) mass is 506 g/mol. The van der Waals surface area contributed by atoms with E-state index in [0.717, 1.165) is 5.56 Å². The van der Waals surface area contributed by atoms with Gasteiger partial charge in [-0.2, -0.15) is 0 Å². The predicted octanol–water partition coefficient (Wildman–Crippen LogP) is 5.23. The van der Waals surface area contributed by atoms with E-state index in [1.165, 1.54) is 13.3 Å². The molecule has 0 aliphatic rings. The minimum atomic E-state index is -0.532. The maximum absolute atomic E-state index is 12.6. The number of benzene rings is 2. The highest BCUT2D eigenvalue weighted by Gasteiger charge is 2.21. The van der Waals surface area contributed by atoms with Gasteiger partial charge in [0.2, 0.25) is 0 Å². The van der Waals surface area contributed by atoms with Gasteiger partial charge in [-0.05, 0) is 36.8 Å². The number of rotatable bonds is 7. The summed E-state index contributed by atoms with van der Waals surface area (Å²) in [5.41, 5.74) is 2.29. The maximum atomic E-state index is 12.6. The fourth-order valence-electron chi connectivity index (χ4n) is 3.10. The molecule has 1 N–H and O–H groups in total. The molecule has 3 rings (SSSR count). The summed E-state index contributed by atoms with van der Waals surface area (Å²) >= 11 is 9.65. The van der Waals surface area contributed by atoms with Crippen LogP contribution in [-0.4, -0.2) is 37.7 Å². The Morgan fingerprint density at radius 2 is 1.90 bits per heavy atom. The Morgan fingerprint density at radius 1 is 1.13 bits per heavy atom. The number of anilines is 1. The quantitative estimate of drug-likeness (QED) is 0.438. The maximum Gasteiger partial charge on any atom is 0.341 e. The number of fused-ring (bicyclic) bond motifs is 1. The Kier molecular flexibility index (Phi) is 7.35. The van der Waals surface area contributed by atoms with Crippen molar-refractivity contribution in [1.82, 2.24) is 4.98 Å². The lowest BCUT2D eigenvalue weighted by molar-refractivity contribution is 0.0526. The summed E-state index contributed by atoms with van der Waals surface area (Å²) in [4.78, 5) is 29.2. The molecule has 9 heteroatoms. The summed E-state index contributed by atoms with van der Waals surface area (Å²) in [6, 6.07) is 8.80. The van der Waals surface area contributed by atoms with Gasteiger partial charge in [-0.1, -0.05) is 33.6 Å². The van der Waals surface area contributed by atoms with Gasteiger partial charge < -0.3 is 19.5 Å². The third-order valence-electron chi connectivity index (χ3n) is 4.52. The normalized spacial score (nSPS) is 10.6. The molecular weight excluding hydrogens is 488 g/mol. The summed E-state index contributed by atoms with van der Waals surface area (Å²) in [6.45, 7) is 2.30. The van der Waals surface area contributed by atoms with Gasteiger partial charge in [-0.3, -0.25) is 4.98 Å². The van der Waals surface area contributed by atoms with E-state index < -0.39 is 11.9 Å². The van der Waals surface area contributed by atoms with Crippen LogP contribution in [0.25, 0.3) is 10.9 Å². The van der Waals surface area contributed by atoms with Gasteiger partial charge in [0.1, 0.15) is 11.3 Å². The third kappa shape index (κ3) is 4.91. The van der Waals surface area contributed by atoms with Crippen LogP contribution in [0.3, 0.4) is 0 Å². The fourth-order valence-corrected chi connectivity index (χ4v) is 3.84. The summed E-state index contributed by atoms with van der Waals surface area (Å²) in [5, 5.41) is 4.32. The zero-order valence-electron chi connectivity index (χ0n) is 17.1. The molecule has 1 aromatic heterocycles. The summed E-state index contributed by atoms with van der Waals surface area (Å²) in [6.07, 6.45) is 1.39. The van der Waals surface area contributed by atoms with Crippen molar-refractivity contribution in [2.45, 2.75) is 13.5 Å². The largest absolute Gasteiger partial charge is 0.495 e. The molecule has 0 bridgehead atoms. The first kappa shape index (κ1) is 22.8. The van der Waals surface area contributed by atoms with Crippen molar-refractivity contribution in [3.05, 3.63) is 62.7 Å². The van der Waals surface area contributed by atoms with Gasteiger partial charge in [0.15, 0.2) is 0 Å². The minimum absolute atomic E-state index is 0.219. The average Bonchev–Trinajstić information content (AvgIpc) is 2.76. The SMILES string of the molecule is CCOC(=O)c1cnc2c(C(=O)OC)cc(Br)cc2c1NCc1ccc(OC)c(Cl)c1. The van der Waals surface area contributed by atoms with E-state index in [9.17, 15) is 9.59 Å². The van der Waals surface area contributed by atoms with Crippen molar-refractivity contribution in [3.8, 4) is 5.75 Å². The van der Waals surface area contributed by atoms with E-state index in [0.29, 0.717) is 38.4 Å². The molecule has 0 atom stereocenters. The lowest BCUT2D eigenvalue weighted by atomic mass is 10.0. The number of ether oxygens (including phenoxy) is 3. The highest BCUT2D eigenvalue weighted by molar-refractivity contribution is 9.10. The molecule has 0 radical (unpaired) electrons. The number of nitrogens with zero attached hydrogens (tertiary/aromatic N) is 1. The Morgan fingerprint density at radius 3 is 2.55 bits per heavy atom. The Labute approximate surface area is 192 Å². The average molecular weight is 508 g/mol. The van der Waals surface area contributed by atoms with Crippen LogP contribution >= 0.6 is 27.5 Å². The Hall–Kier alpha value is -2.84. The third-order valence-corrected chi connectivity index (χ3v) is 5.28. The molecule has 0 saturated carbocycles. The van der Waals surface area contributed by atoms with E-state index in [1.807, 2.05) is 6.07 Å². The molecule has 31 heavy (non-hydrogen) atoms. The van der Waals surface area contributed by atoms with Crippen LogP contribution in [0, 0.1) is 0 Å². The lowest BCUT2D eigenvalue weighted by Crippen LogP contribution is -2.12. The van der Waals surface area contributed by atoms with Gasteiger partial charge in [-0.25, -0.2) is 9.59 Å². The highest BCUT2D eigenvalue weighted by atomic mass is 79.9. The van der Waals surface area contributed by atoms with Crippen molar-refractivity contribution < 1.29 is 23.8 Å². The number of nitrogens with one attached hydrogen (secondary N) is 1. The molecule has 2 aromatic carbocycles. The molecule has 3 aromatic rings. The zero-order chi connectivity index (χ0) is 22.5.